The number of halogens is 2. The average Bonchev–Trinajstić information content (AvgIpc) is 3.03. The fraction of sp³-hybridized carbons (Fsp3) is 0.391. The van der Waals surface area contributed by atoms with Crippen molar-refractivity contribution >= 4 is 35.4 Å². The Morgan fingerprint density at radius 2 is 1.97 bits per heavy atom. The second-order valence-corrected chi connectivity index (χ2v) is 9.50. The van der Waals surface area contributed by atoms with Crippen molar-refractivity contribution in [2.45, 2.75) is 45.4 Å². The highest BCUT2D eigenvalue weighted by atomic mass is 35.5. The van der Waals surface area contributed by atoms with Crippen LogP contribution < -0.4 is 0 Å². The first kappa shape index (κ1) is 22.5. The number of para-hydroxylation sites is 1. The molecule has 0 amide bonds. The maximum atomic E-state index is 10.1. The molecule has 0 radical (unpaired) electrons. The first-order valence-corrected chi connectivity index (χ1v) is 11.7. The molecule has 1 aromatic heterocycles. The van der Waals surface area contributed by atoms with Crippen LogP contribution in [0.15, 0.2) is 42.5 Å². The predicted molar refractivity (Wildman–Crippen MR) is 129 cm³/mol. The summed E-state index contributed by atoms with van der Waals surface area (Å²) in [4.78, 5) is 2.18. The van der Waals surface area contributed by atoms with Crippen LogP contribution in [0.2, 0.25) is 10.0 Å². The van der Waals surface area contributed by atoms with E-state index in [2.05, 4.69) is 30.9 Å². The third-order valence-electron chi connectivity index (χ3n) is 5.63. The lowest BCUT2D eigenvalue weighted by Gasteiger charge is -2.29. The number of rotatable bonds is 5. The van der Waals surface area contributed by atoms with E-state index in [0.717, 1.165) is 30.6 Å². The highest BCUT2D eigenvalue weighted by Gasteiger charge is 2.23. The Labute approximate surface area is 197 Å². The molecular formula is C23H26Cl2N4OS. The maximum Gasteiger partial charge on any atom is 0.204 e. The highest BCUT2D eigenvalue weighted by molar-refractivity contribution is 7.71. The molecule has 0 unspecified atom stereocenters. The summed E-state index contributed by atoms with van der Waals surface area (Å²) in [6, 6.07) is 13.6. The van der Waals surface area contributed by atoms with E-state index in [1.54, 1.807) is 6.07 Å². The van der Waals surface area contributed by atoms with E-state index in [-0.39, 0.29) is 6.10 Å². The van der Waals surface area contributed by atoms with Crippen LogP contribution in [0, 0.1) is 4.77 Å². The zero-order chi connectivity index (χ0) is 22.1. The summed E-state index contributed by atoms with van der Waals surface area (Å²) in [6.07, 6.45) is 1.49. The van der Waals surface area contributed by atoms with Gasteiger partial charge in [-0.25, -0.2) is 4.68 Å². The monoisotopic (exact) mass is 476 g/mol. The molecule has 8 heteroatoms. The zero-order valence-corrected chi connectivity index (χ0v) is 20.0. The van der Waals surface area contributed by atoms with Crippen LogP contribution in [-0.2, 0) is 6.67 Å². The zero-order valence-electron chi connectivity index (χ0n) is 17.6. The van der Waals surface area contributed by atoms with Gasteiger partial charge in [0, 0.05) is 23.7 Å². The minimum Gasteiger partial charge on any atom is -0.392 e. The smallest absolute Gasteiger partial charge is 0.204 e. The standard InChI is InChI=1S/C23H26Cl2N4OS/c1-15(2)18-7-3-4-8-21(18)29-22(19-10-9-16(24)12-20(19)25)26-28(23(29)31)14-27-11-5-6-17(30)13-27/h3-4,7-10,12,15,17,30H,5-6,11,13-14H2,1-2H3/t17-/m0/s1. The van der Waals surface area contributed by atoms with Gasteiger partial charge >= 0.3 is 0 Å². The number of aliphatic hydroxyl groups is 1. The van der Waals surface area contributed by atoms with E-state index >= 15 is 0 Å². The Morgan fingerprint density at radius 1 is 1.19 bits per heavy atom. The molecule has 1 saturated heterocycles. The molecule has 3 aromatic rings. The van der Waals surface area contributed by atoms with E-state index in [1.165, 1.54) is 5.56 Å². The minimum absolute atomic E-state index is 0.308. The van der Waals surface area contributed by atoms with Gasteiger partial charge in [-0.05, 0) is 60.8 Å². The van der Waals surface area contributed by atoms with Gasteiger partial charge in [-0.15, -0.1) is 5.10 Å². The summed E-state index contributed by atoms with van der Waals surface area (Å²) in [6.45, 7) is 6.37. The van der Waals surface area contributed by atoms with Crippen LogP contribution in [0.25, 0.3) is 17.1 Å². The van der Waals surface area contributed by atoms with E-state index in [0.29, 0.717) is 39.8 Å². The van der Waals surface area contributed by atoms with E-state index in [9.17, 15) is 5.11 Å². The Bertz CT molecular complexity index is 1140. The minimum atomic E-state index is -0.308. The molecule has 0 aliphatic carbocycles. The highest BCUT2D eigenvalue weighted by Crippen LogP contribution is 2.33. The van der Waals surface area contributed by atoms with Gasteiger partial charge in [-0.1, -0.05) is 55.2 Å². The Balaban J connectivity index is 1.88. The van der Waals surface area contributed by atoms with Crippen LogP contribution in [0.4, 0.5) is 0 Å². The third kappa shape index (κ3) is 4.73. The van der Waals surface area contributed by atoms with Crippen molar-refractivity contribution in [3.05, 3.63) is 62.8 Å². The van der Waals surface area contributed by atoms with Crippen LogP contribution in [0.5, 0.6) is 0 Å². The van der Waals surface area contributed by atoms with Crippen molar-refractivity contribution in [1.82, 2.24) is 19.2 Å². The third-order valence-corrected chi connectivity index (χ3v) is 6.57. The van der Waals surface area contributed by atoms with Gasteiger partial charge in [-0.3, -0.25) is 9.47 Å². The SMILES string of the molecule is CC(C)c1ccccc1-n1c(-c2ccc(Cl)cc2Cl)nn(CN2CCC[C@H](O)C2)c1=S. The molecule has 31 heavy (non-hydrogen) atoms. The van der Waals surface area contributed by atoms with E-state index in [1.807, 2.05) is 33.5 Å². The average molecular weight is 477 g/mol. The quantitative estimate of drug-likeness (QED) is 0.464. The van der Waals surface area contributed by atoms with Gasteiger partial charge in [0.1, 0.15) is 0 Å². The molecule has 1 N–H and O–H groups in total. The van der Waals surface area contributed by atoms with Crippen LogP contribution in [0.3, 0.4) is 0 Å². The number of aliphatic hydroxyl groups excluding tert-OH is 1. The number of likely N-dealkylation sites (tertiary alicyclic amines) is 1. The summed E-state index contributed by atoms with van der Waals surface area (Å²) in [5.41, 5.74) is 2.94. The van der Waals surface area contributed by atoms with Crippen molar-refractivity contribution in [3.8, 4) is 17.1 Å². The summed E-state index contributed by atoms with van der Waals surface area (Å²) in [5.74, 6) is 0.990. The Morgan fingerprint density at radius 3 is 2.68 bits per heavy atom. The molecule has 1 atom stereocenters. The molecule has 0 bridgehead atoms. The number of benzene rings is 2. The molecule has 1 aliphatic heterocycles. The van der Waals surface area contributed by atoms with Gasteiger partial charge in [-0.2, -0.15) is 0 Å². The molecule has 4 rings (SSSR count). The number of aromatic nitrogens is 3. The maximum absolute atomic E-state index is 10.1. The lowest BCUT2D eigenvalue weighted by Crippen LogP contribution is -2.39. The summed E-state index contributed by atoms with van der Waals surface area (Å²) >= 11 is 18.6. The fourth-order valence-corrected chi connectivity index (χ4v) is 4.87. The van der Waals surface area contributed by atoms with Crippen LogP contribution in [-0.4, -0.2) is 43.5 Å². The Hall–Kier alpha value is -1.70. The number of hydrogen-bond acceptors (Lipinski definition) is 4. The number of piperidine rings is 1. The number of β-amino-alcohol motifs (C(OH)–C–C–N with tert-alkyl or cyclic N) is 1. The molecule has 2 aromatic carbocycles. The molecular weight excluding hydrogens is 451 g/mol. The van der Waals surface area contributed by atoms with E-state index in [4.69, 9.17) is 40.5 Å². The van der Waals surface area contributed by atoms with Gasteiger partial charge < -0.3 is 5.11 Å². The topological polar surface area (TPSA) is 46.2 Å². The molecule has 1 fully saturated rings. The summed E-state index contributed by atoms with van der Waals surface area (Å²) < 4.78 is 4.42. The lowest BCUT2D eigenvalue weighted by atomic mass is 10.0. The normalized spacial score (nSPS) is 17.4. The van der Waals surface area contributed by atoms with E-state index < -0.39 is 0 Å². The fourth-order valence-electron chi connectivity index (χ4n) is 4.09. The van der Waals surface area contributed by atoms with Crippen molar-refractivity contribution in [1.29, 1.82) is 0 Å². The Kier molecular flexibility index (Phi) is 6.84. The summed E-state index contributed by atoms with van der Waals surface area (Å²) in [5, 5.41) is 16.1. The predicted octanol–water partition coefficient (Wildman–Crippen LogP) is 5.91. The van der Waals surface area contributed by atoms with Crippen LogP contribution >= 0.6 is 35.4 Å². The first-order valence-electron chi connectivity index (χ1n) is 10.5. The van der Waals surface area contributed by atoms with Crippen molar-refractivity contribution in [3.63, 3.8) is 0 Å². The molecule has 164 valence electrons. The van der Waals surface area contributed by atoms with Gasteiger partial charge in [0.25, 0.3) is 0 Å². The van der Waals surface area contributed by atoms with Crippen LogP contribution in [0.1, 0.15) is 38.2 Å². The van der Waals surface area contributed by atoms with Gasteiger partial charge in [0.15, 0.2) is 5.82 Å². The second-order valence-electron chi connectivity index (χ2n) is 8.29. The molecule has 2 heterocycles. The van der Waals surface area contributed by atoms with Gasteiger partial charge in [0.05, 0.1) is 23.5 Å². The molecule has 0 saturated carbocycles. The molecule has 5 nitrogen and oxygen atoms in total. The molecule has 1 aliphatic rings. The van der Waals surface area contributed by atoms with Crippen molar-refractivity contribution in [2.75, 3.05) is 13.1 Å². The molecule has 0 spiro atoms. The van der Waals surface area contributed by atoms with Gasteiger partial charge in [0.2, 0.25) is 4.77 Å². The second kappa shape index (κ2) is 9.43. The van der Waals surface area contributed by atoms with Crippen molar-refractivity contribution < 1.29 is 5.11 Å². The van der Waals surface area contributed by atoms with Crippen molar-refractivity contribution in [2.24, 2.45) is 0 Å². The first-order chi connectivity index (χ1) is 14.8. The summed E-state index contributed by atoms with van der Waals surface area (Å²) in [7, 11) is 0. The number of hydrogen-bond donors (Lipinski definition) is 1. The largest absolute Gasteiger partial charge is 0.392 e. The number of nitrogens with zero attached hydrogens (tertiary/aromatic N) is 4. The lowest BCUT2D eigenvalue weighted by molar-refractivity contribution is 0.0513.